The Kier molecular flexibility index (Phi) is 3.60. The summed E-state index contributed by atoms with van der Waals surface area (Å²) < 4.78 is 0. The van der Waals surface area contributed by atoms with Crippen LogP contribution in [0.15, 0.2) is 0 Å². The lowest BCUT2D eigenvalue weighted by molar-refractivity contribution is -0.157. The molecule has 0 aromatic carbocycles. The van der Waals surface area contributed by atoms with Crippen LogP contribution in [0.4, 0.5) is 0 Å². The average molecular weight is 269 g/mol. The van der Waals surface area contributed by atoms with Gasteiger partial charge in [-0.2, -0.15) is 0 Å². The predicted molar refractivity (Wildman–Crippen MR) is 69.8 cm³/mol. The van der Waals surface area contributed by atoms with Crippen molar-refractivity contribution in [3.8, 4) is 0 Å². The van der Waals surface area contributed by atoms with Crippen LogP contribution in [0.1, 0.15) is 33.6 Å². The van der Waals surface area contributed by atoms with Crippen molar-refractivity contribution in [1.82, 2.24) is 4.90 Å². The molecule has 3 rings (SSSR count). The van der Waals surface area contributed by atoms with E-state index in [1.165, 1.54) is 6.42 Å². The summed E-state index contributed by atoms with van der Waals surface area (Å²) in [5.74, 6) is -0.359. The van der Waals surface area contributed by atoms with Crippen molar-refractivity contribution in [2.75, 3.05) is 13.1 Å². The van der Waals surface area contributed by atoms with Crippen LogP contribution in [0.2, 0.25) is 0 Å². The molecule has 2 N–H and O–H groups in total. The van der Waals surface area contributed by atoms with Crippen LogP contribution >= 0.6 is 0 Å². The summed E-state index contributed by atoms with van der Waals surface area (Å²) >= 11 is 0. The Morgan fingerprint density at radius 2 is 1.68 bits per heavy atom. The van der Waals surface area contributed by atoms with Crippen LogP contribution in [-0.4, -0.2) is 46.2 Å². The van der Waals surface area contributed by atoms with Gasteiger partial charge in [-0.25, -0.2) is 0 Å². The van der Waals surface area contributed by atoms with E-state index in [-0.39, 0.29) is 19.1 Å². The lowest BCUT2D eigenvalue weighted by atomic mass is 9.44. The van der Waals surface area contributed by atoms with E-state index in [0.717, 1.165) is 6.42 Å². The first-order valence-electron chi connectivity index (χ1n) is 6.91. The van der Waals surface area contributed by atoms with Gasteiger partial charge < -0.3 is 10.2 Å². The van der Waals surface area contributed by atoms with Gasteiger partial charge in [0.1, 0.15) is 0 Å². The first kappa shape index (κ1) is 14.3. The van der Waals surface area contributed by atoms with Crippen molar-refractivity contribution in [2.45, 2.75) is 39.7 Å². The molecule has 4 atom stereocenters. The van der Waals surface area contributed by atoms with E-state index in [1.54, 1.807) is 4.90 Å². The van der Waals surface area contributed by atoms with Gasteiger partial charge in [0.05, 0.1) is 13.1 Å². The maximum absolute atomic E-state index is 10.9. The second-order valence-electron chi connectivity index (χ2n) is 6.72. The van der Waals surface area contributed by atoms with Crippen molar-refractivity contribution in [2.24, 2.45) is 23.2 Å². The van der Waals surface area contributed by atoms with Gasteiger partial charge in [-0.3, -0.25) is 14.5 Å². The zero-order chi connectivity index (χ0) is 14.4. The summed E-state index contributed by atoms with van der Waals surface area (Å²) in [5, 5.41) is 17.9. The Labute approximate surface area is 113 Å². The Bertz CT molecular complexity index is 377. The highest BCUT2D eigenvalue weighted by molar-refractivity contribution is 5.72. The molecule has 0 spiro atoms. The van der Waals surface area contributed by atoms with E-state index < -0.39 is 11.9 Å². The maximum Gasteiger partial charge on any atom is 0.317 e. The molecule has 0 aromatic heterocycles. The van der Waals surface area contributed by atoms with Crippen LogP contribution in [0.3, 0.4) is 0 Å². The zero-order valence-corrected chi connectivity index (χ0v) is 11.8. The summed E-state index contributed by atoms with van der Waals surface area (Å²) in [4.78, 5) is 23.5. The Balaban J connectivity index is 2.10. The van der Waals surface area contributed by atoms with Gasteiger partial charge in [0, 0.05) is 6.04 Å². The minimum absolute atomic E-state index is 0.0870. The van der Waals surface area contributed by atoms with Gasteiger partial charge in [-0.1, -0.05) is 20.8 Å². The van der Waals surface area contributed by atoms with Crippen molar-refractivity contribution >= 4 is 11.9 Å². The van der Waals surface area contributed by atoms with E-state index >= 15 is 0 Å². The fraction of sp³-hybridized carbons (Fsp3) is 0.857. The molecule has 0 radical (unpaired) electrons. The lowest BCUT2D eigenvalue weighted by Crippen LogP contribution is -2.61. The highest BCUT2D eigenvalue weighted by Gasteiger charge is 2.57. The van der Waals surface area contributed by atoms with Crippen LogP contribution < -0.4 is 0 Å². The summed E-state index contributed by atoms with van der Waals surface area (Å²) in [7, 11) is 0. The predicted octanol–water partition coefficient (Wildman–Crippen LogP) is 1.53. The molecule has 19 heavy (non-hydrogen) atoms. The van der Waals surface area contributed by atoms with Crippen LogP contribution in [0, 0.1) is 23.2 Å². The molecular weight excluding hydrogens is 246 g/mol. The second-order valence-corrected chi connectivity index (χ2v) is 6.72. The number of fused-ring (bicyclic) bond motifs is 2. The fourth-order valence-electron chi connectivity index (χ4n) is 4.24. The molecule has 108 valence electrons. The molecule has 0 saturated heterocycles. The van der Waals surface area contributed by atoms with Gasteiger partial charge in [0.25, 0.3) is 0 Å². The van der Waals surface area contributed by atoms with Crippen LogP contribution in [0.5, 0.6) is 0 Å². The van der Waals surface area contributed by atoms with Gasteiger partial charge in [-0.05, 0) is 36.0 Å². The molecule has 0 amide bonds. The van der Waals surface area contributed by atoms with E-state index in [1.807, 2.05) is 0 Å². The number of hydrogen-bond donors (Lipinski definition) is 2. The molecule has 3 saturated carbocycles. The molecule has 0 aromatic rings. The molecule has 0 heterocycles. The van der Waals surface area contributed by atoms with Crippen molar-refractivity contribution < 1.29 is 19.8 Å². The van der Waals surface area contributed by atoms with Gasteiger partial charge in [0.15, 0.2) is 0 Å². The third-order valence-corrected chi connectivity index (χ3v) is 5.46. The number of carbonyl (C=O) groups is 2. The first-order chi connectivity index (χ1) is 8.73. The largest absolute Gasteiger partial charge is 0.480 e. The lowest BCUT2D eigenvalue weighted by Gasteiger charge is -2.63. The third-order valence-electron chi connectivity index (χ3n) is 5.46. The summed E-state index contributed by atoms with van der Waals surface area (Å²) in [6.45, 7) is 6.33. The molecule has 3 aliphatic carbocycles. The zero-order valence-electron chi connectivity index (χ0n) is 11.8. The van der Waals surface area contributed by atoms with E-state index in [4.69, 9.17) is 10.2 Å². The van der Waals surface area contributed by atoms with Crippen LogP contribution in [-0.2, 0) is 9.59 Å². The maximum atomic E-state index is 10.9. The Morgan fingerprint density at radius 1 is 1.16 bits per heavy atom. The van der Waals surface area contributed by atoms with Gasteiger partial charge in [-0.15, -0.1) is 0 Å². The van der Waals surface area contributed by atoms with Crippen molar-refractivity contribution in [3.05, 3.63) is 0 Å². The first-order valence-corrected chi connectivity index (χ1v) is 6.91. The SMILES string of the molecule is C[C@@H]1C2C[C@@H](C[C@H]1N(CC(=O)O)CC(=O)O)C2(C)C. The average Bonchev–Trinajstić information content (AvgIpc) is 2.26. The minimum atomic E-state index is -0.952. The number of carboxylic acid groups (broad SMARTS) is 2. The van der Waals surface area contributed by atoms with Crippen LogP contribution in [0.25, 0.3) is 0 Å². The summed E-state index contributed by atoms with van der Waals surface area (Å²) in [5.41, 5.74) is 0.327. The monoisotopic (exact) mass is 269 g/mol. The molecule has 3 aliphatic rings. The molecular formula is C14H23NO4. The van der Waals surface area contributed by atoms with E-state index in [2.05, 4.69) is 20.8 Å². The number of nitrogens with zero attached hydrogens (tertiary/aromatic N) is 1. The number of aliphatic carboxylic acids is 2. The summed E-state index contributed by atoms with van der Waals surface area (Å²) in [6, 6.07) is 0.0870. The van der Waals surface area contributed by atoms with Crippen molar-refractivity contribution in [3.63, 3.8) is 0 Å². The molecule has 0 aliphatic heterocycles. The highest BCUT2D eigenvalue weighted by Crippen LogP contribution is 2.61. The Hall–Kier alpha value is -1.10. The molecule has 2 bridgehead atoms. The highest BCUT2D eigenvalue weighted by atomic mass is 16.4. The smallest absolute Gasteiger partial charge is 0.317 e. The van der Waals surface area contributed by atoms with E-state index in [9.17, 15) is 9.59 Å². The summed E-state index contributed by atoms with van der Waals surface area (Å²) in [6.07, 6.45) is 2.13. The Morgan fingerprint density at radius 3 is 2.05 bits per heavy atom. The number of rotatable bonds is 5. The standard InChI is InChI=1S/C14H23NO4/c1-8-10-4-9(14(10,2)3)5-11(8)15(6-12(16)17)7-13(18)19/h8-11H,4-7H2,1-3H3,(H,16,17)(H,18,19)/t8-,9+,10?,11-/m1/s1. The quantitative estimate of drug-likeness (QED) is 0.791. The van der Waals surface area contributed by atoms with Gasteiger partial charge in [0.2, 0.25) is 0 Å². The number of carboxylic acids is 2. The third kappa shape index (κ3) is 2.48. The normalized spacial score (nSPS) is 35.8. The molecule has 5 nitrogen and oxygen atoms in total. The minimum Gasteiger partial charge on any atom is -0.480 e. The number of hydrogen-bond acceptors (Lipinski definition) is 3. The molecule has 5 heteroatoms. The molecule has 1 unspecified atom stereocenters. The fourth-order valence-corrected chi connectivity index (χ4v) is 4.24. The van der Waals surface area contributed by atoms with Gasteiger partial charge >= 0.3 is 11.9 Å². The van der Waals surface area contributed by atoms with E-state index in [0.29, 0.717) is 23.2 Å². The van der Waals surface area contributed by atoms with Crippen molar-refractivity contribution in [1.29, 1.82) is 0 Å². The molecule has 3 fully saturated rings. The topological polar surface area (TPSA) is 77.8 Å². The second kappa shape index (κ2) is 4.78.